The first-order valence-corrected chi connectivity index (χ1v) is 4.76. The van der Waals surface area contributed by atoms with Gasteiger partial charge in [-0.25, -0.2) is 0 Å². The summed E-state index contributed by atoms with van der Waals surface area (Å²) < 4.78 is 0. The Labute approximate surface area is 92.7 Å². The van der Waals surface area contributed by atoms with Gasteiger partial charge in [0, 0.05) is 0 Å². The number of nitrogens with one attached hydrogen (secondary N) is 1. The highest BCUT2D eigenvalue weighted by atomic mass is 16.6. The Morgan fingerprint density at radius 1 is 1.50 bits per heavy atom. The minimum atomic E-state index is -0.901. The molecule has 3 N–H and O–H groups in total. The maximum absolute atomic E-state index is 10.9. The predicted octanol–water partition coefficient (Wildman–Crippen LogP) is 1.67. The number of benzene rings is 1. The lowest BCUT2D eigenvalue weighted by molar-refractivity contribution is -0.384. The number of aliphatic hydroxyl groups excluding tert-OH is 1. The molecule has 0 heterocycles. The zero-order valence-electron chi connectivity index (χ0n) is 9.31. The number of hydrogen-bond donors (Lipinski definition) is 3. The number of phenols is 1. The van der Waals surface area contributed by atoms with Gasteiger partial charge in [-0.2, -0.15) is 0 Å². The average molecular weight is 226 g/mol. The van der Waals surface area contributed by atoms with E-state index in [-0.39, 0.29) is 22.7 Å². The minimum Gasteiger partial charge on any atom is -0.507 e. The third-order valence-electron chi connectivity index (χ3n) is 2.25. The lowest BCUT2D eigenvalue weighted by Crippen LogP contribution is -2.15. The fourth-order valence-corrected chi connectivity index (χ4v) is 1.53. The normalized spacial score (nSPS) is 12.2. The molecular weight excluding hydrogens is 212 g/mol. The van der Waals surface area contributed by atoms with Gasteiger partial charge in [0.2, 0.25) is 0 Å². The molecule has 0 spiro atoms. The van der Waals surface area contributed by atoms with Crippen molar-refractivity contribution < 1.29 is 15.1 Å². The van der Waals surface area contributed by atoms with Gasteiger partial charge in [0.1, 0.15) is 17.7 Å². The van der Waals surface area contributed by atoms with Crippen LogP contribution in [0.1, 0.15) is 18.1 Å². The molecule has 16 heavy (non-hydrogen) atoms. The second kappa shape index (κ2) is 4.36. The Morgan fingerprint density at radius 2 is 2.06 bits per heavy atom. The maximum atomic E-state index is 10.9. The zero-order valence-corrected chi connectivity index (χ0v) is 9.31. The van der Waals surface area contributed by atoms with E-state index >= 15 is 0 Å². The molecule has 0 fully saturated rings. The molecule has 0 aliphatic heterocycles. The number of rotatable bonds is 3. The van der Waals surface area contributed by atoms with E-state index in [1.165, 1.54) is 19.9 Å². The Kier molecular flexibility index (Phi) is 3.34. The molecule has 1 unspecified atom stereocenters. The van der Waals surface area contributed by atoms with E-state index in [2.05, 4.69) is 5.32 Å². The highest BCUT2D eigenvalue weighted by molar-refractivity contribution is 5.70. The topological polar surface area (TPSA) is 95.6 Å². The number of anilines is 1. The average Bonchev–Trinajstić information content (AvgIpc) is 2.12. The Hall–Kier alpha value is -1.82. The summed E-state index contributed by atoms with van der Waals surface area (Å²) >= 11 is 0. The molecule has 1 rings (SSSR count). The third-order valence-corrected chi connectivity index (χ3v) is 2.25. The van der Waals surface area contributed by atoms with Crippen LogP contribution in [0.5, 0.6) is 5.75 Å². The lowest BCUT2D eigenvalue weighted by atomic mass is 10.1. The fourth-order valence-electron chi connectivity index (χ4n) is 1.53. The van der Waals surface area contributed by atoms with Crippen LogP contribution in [0.3, 0.4) is 0 Å². The van der Waals surface area contributed by atoms with Gasteiger partial charge in [-0.05, 0) is 32.4 Å². The zero-order chi connectivity index (χ0) is 12.5. The second-order valence-corrected chi connectivity index (χ2v) is 3.64. The van der Waals surface area contributed by atoms with Crippen molar-refractivity contribution in [3.63, 3.8) is 0 Å². The summed E-state index contributed by atoms with van der Waals surface area (Å²) in [5, 5.41) is 32.2. The van der Waals surface area contributed by atoms with Crippen LogP contribution in [0, 0.1) is 24.0 Å². The van der Waals surface area contributed by atoms with Crippen LogP contribution in [0.2, 0.25) is 0 Å². The van der Waals surface area contributed by atoms with E-state index in [0.717, 1.165) is 0 Å². The Morgan fingerprint density at radius 3 is 2.50 bits per heavy atom. The summed E-state index contributed by atoms with van der Waals surface area (Å²) in [5.41, 5.74) is 0.691. The number of phenolic OH excluding ortho intramolecular Hbond substituents is 1. The van der Waals surface area contributed by atoms with Gasteiger partial charge in [-0.1, -0.05) is 0 Å². The third kappa shape index (κ3) is 2.22. The molecule has 1 aromatic rings. The van der Waals surface area contributed by atoms with E-state index in [0.29, 0.717) is 5.56 Å². The number of nitro groups is 1. The summed E-state index contributed by atoms with van der Waals surface area (Å²) in [4.78, 5) is 10.3. The van der Waals surface area contributed by atoms with Crippen LogP contribution in [0.15, 0.2) is 6.07 Å². The van der Waals surface area contributed by atoms with Crippen molar-refractivity contribution in [3.05, 3.63) is 27.3 Å². The van der Waals surface area contributed by atoms with Crippen LogP contribution in [-0.2, 0) is 0 Å². The summed E-state index contributed by atoms with van der Waals surface area (Å²) in [5.74, 6) is -0.0946. The first-order chi connectivity index (χ1) is 7.34. The van der Waals surface area contributed by atoms with Crippen molar-refractivity contribution in [2.75, 3.05) is 5.32 Å². The van der Waals surface area contributed by atoms with Gasteiger partial charge >= 0.3 is 0 Å². The molecule has 0 bridgehead atoms. The highest BCUT2D eigenvalue weighted by Crippen LogP contribution is 2.37. The van der Waals surface area contributed by atoms with E-state index in [1.54, 1.807) is 6.92 Å². The number of hydrogen-bond acceptors (Lipinski definition) is 5. The van der Waals surface area contributed by atoms with E-state index < -0.39 is 11.2 Å². The van der Waals surface area contributed by atoms with Crippen LogP contribution in [0.4, 0.5) is 11.4 Å². The summed E-state index contributed by atoms with van der Waals surface area (Å²) in [6, 6.07) is 1.44. The van der Waals surface area contributed by atoms with Crippen molar-refractivity contribution in [2.45, 2.75) is 27.0 Å². The molecule has 0 aliphatic carbocycles. The highest BCUT2D eigenvalue weighted by Gasteiger charge is 2.22. The molecule has 0 aliphatic rings. The Balaban J connectivity index is 3.41. The molecule has 1 aromatic carbocycles. The number of nitrogens with zero attached hydrogens (tertiary/aromatic N) is 1. The van der Waals surface area contributed by atoms with Gasteiger partial charge in [0.15, 0.2) is 0 Å². The first kappa shape index (κ1) is 12.3. The number of aliphatic hydroxyl groups is 1. The maximum Gasteiger partial charge on any atom is 0.298 e. The molecule has 1 atom stereocenters. The molecule has 0 saturated heterocycles. The van der Waals surface area contributed by atoms with Gasteiger partial charge in [0.05, 0.1) is 10.5 Å². The summed E-state index contributed by atoms with van der Waals surface area (Å²) in [7, 11) is 0. The second-order valence-electron chi connectivity index (χ2n) is 3.64. The molecule has 88 valence electrons. The summed E-state index contributed by atoms with van der Waals surface area (Å²) in [6.07, 6.45) is -0.901. The number of aryl methyl sites for hydroxylation is 1. The van der Waals surface area contributed by atoms with Crippen LogP contribution in [-0.4, -0.2) is 21.4 Å². The van der Waals surface area contributed by atoms with Crippen LogP contribution >= 0.6 is 0 Å². The predicted molar refractivity (Wildman–Crippen MR) is 59.5 cm³/mol. The van der Waals surface area contributed by atoms with E-state index in [4.69, 9.17) is 5.11 Å². The van der Waals surface area contributed by atoms with Gasteiger partial charge < -0.3 is 15.5 Å². The van der Waals surface area contributed by atoms with Crippen molar-refractivity contribution in [3.8, 4) is 5.75 Å². The smallest absolute Gasteiger partial charge is 0.298 e. The molecule has 6 heteroatoms. The fraction of sp³-hybridized carbons (Fsp3) is 0.400. The summed E-state index contributed by atoms with van der Waals surface area (Å²) in [6.45, 7) is 4.56. The minimum absolute atomic E-state index is 0.0946. The SMILES string of the molecule is Cc1cc(NC(C)O)c([N+](=O)[O-])c(C)c1O. The van der Waals surface area contributed by atoms with E-state index in [1.807, 2.05) is 0 Å². The van der Waals surface area contributed by atoms with Crippen LogP contribution in [0.25, 0.3) is 0 Å². The van der Waals surface area contributed by atoms with Crippen molar-refractivity contribution in [2.24, 2.45) is 0 Å². The van der Waals surface area contributed by atoms with Gasteiger partial charge in [-0.15, -0.1) is 0 Å². The number of nitro benzene ring substituents is 1. The standard InChI is InChI=1S/C10H14N2O4/c1-5-4-8(11-7(3)13)9(12(15)16)6(2)10(5)14/h4,7,11,13-14H,1-3H3. The largest absolute Gasteiger partial charge is 0.507 e. The quantitative estimate of drug-likeness (QED) is 0.315. The van der Waals surface area contributed by atoms with Crippen molar-refractivity contribution in [1.82, 2.24) is 0 Å². The number of aromatic hydroxyl groups is 1. The monoisotopic (exact) mass is 226 g/mol. The van der Waals surface area contributed by atoms with Gasteiger partial charge in [-0.3, -0.25) is 10.1 Å². The molecule has 0 aromatic heterocycles. The van der Waals surface area contributed by atoms with Gasteiger partial charge in [0.25, 0.3) is 5.69 Å². The first-order valence-electron chi connectivity index (χ1n) is 4.76. The van der Waals surface area contributed by atoms with E-state index in [9.17, 15) is 15.2 Å². The molecule has 0 radical (unpaired) electrons. The molecule has 0 saturated carbocycles. The lowest BCUT2D eigenvalue weighted by Gasteiger charge is -2.13. The molecular formula is C10H14N2O4. The molecule has 6 nitrogen and oxygen atoms in total. The van der Waals surface area contributed by atoms with Crippen LogP contribution < -0.4 is 5.32 Å². The van der Waals surface area contributed by atoms with Crippen molar-refractivity contribution in [1.29, 1.82) is 0 Å². The Bertz CT molecular complexity index is 429. The van der Waals surface area contributed by atoms with Crippen molar-refractivity contribution >= 4 is 11.4 Å². The molecule has 0 amide bonds.